The average Bonchev–Trinajstić information content (AvgIpc) is 2.70. The van der Waals surface area contributed by atoms with E-state index in [1.807, 2.05) is 0 Å². The summed E-state index contributed by atoms with van der Waals surface area (Å²) in [6, 6.07) is 4.43. The van der Waals surface area contributed by atoms with Crippen LogP contribution >= 0.6 is 22.9 Å². The molecule has 2 aromatic rings. The zero-order valence-corrected chi connectivity index (χ0v) is 10.9. The molecule has 0 saturated heterocycles. The Hall–Kier alpha value is -1.20. The summed E-state index contributed by atoms with van der Waals surface area (Å²) in [7, 11) is 0. The first-order valence-corrected chi connectivity index (χ1v) is 6.33. The summed E-state index contributed by atoms with van der Waals surface area (Å²) in [6.45, 7) is 1.74. The molecular weight excluding hydrogens is 283 g/mol. The standard InChI is InChI=1S/C12H9ClF3NS/c1-6(10-2-3-11(13)18-10)17-12-8(15)4-7(14)5-9(12)16/h2-6,17H,1H3. The van der Waals surface area contributed by atoms with Crippen molar-refractivity contribution in [1.82, 2.24) is 0 Å². The van der Waals surface area contributed by atoms with E-state index in [4.69, 9.17) is 11.6 Å². The Morgan fingerprint density at radius 1 is 1.17 bits per heavy atom. The highest BCUT2D eigenvalue weighted by molar-refractivity contribution is 7.16. The Kier molecular flexibility index (Phi) is 3.82. The van der Waals surface area contributed by atoms with E-state index in [9.17, 15) is 13.2 Å². The van der Waals surface area contributed by atoms with Crippen molar-refractivity contribution in [3.63, 3.8) is 0 Å². The molecular formula is C12H9ClF3NS. The van der Waals surface area contributed by atoms with E-state index >= 15 is 0 Å². The van der Waals surface area contributed by atoms with Gasteiger partial charge in [-0.15, -0.1) is 11.3 Å². The molecule has 0 radical (unpaired) electrons. The highest BCUT2D eigenvalue weighted by atomic mass is 35.5. The van der Waals surface area contributed by atoms with Gasteiger partial charge in [-0.1, -0.05) is 11.6 Å². The van der Waals surface area contributed by atoms with Crippen molar-refractivity contribution in [3.05, 3.63) is 50.9 Å². The van der Waals surface area contributed by atoms with Gasteiger partial charge in [0.25, 0.3) is 0 Å². The van der Waals surface area contributed by atoms with Crippen LogP contribution in [0.5, 0.6) is 0 Å². The molecule has 2 rings (SSSR count). The van der Waals surface area contributed by atoms with Gasteiger partial charge in [-0.2, -0.15) is 0 Å². The Labute approximate surface area is 111 Å². The van der Waals surface area contributed by atoms with Gasteiger partial charge in [-0.3, -0.25) is 0 Å². The van der Waals surface area contributed by atoms with Crippen LogP contribution in [0, 0.1) is 17.5 Å². The number of hydrogen-bond donors (Lipinski definition) is 1. The van der Waals surface area contributed by atoms with Crippen LogP contribution in [0.3, 0.4) is 0 Å². The molecule has 1 nitrogen and oxygen atoms in total. The van der Waals surface area contributed by atoms with Crippen LogP contribution in [-0.4, -0.2) is 0 Å². The molecule has 6 heteroatoms. The number of halogens is 4. The quantitative estimate of drug-likeness (QED) is 0.840. The van der Waals surface area contributed by atoms with Gasteiger partial charge in [0.15, 0.2) is 11.6 Å². The number of hydrogen-bond acceptors (Lipinski definition) is 2. The number of anilines is 1. The minimum atomic E-state index is -0.956. The summed E-state index contributed by atoms with van der Waals surface area (Å²) in [4.78, 5) is 0.836. The van der Waals surface area contributed by atoms with E-state index < -0.39 is 17.5 Å². The van der Waals surface area contributed by atoms with Crippen LogP contribution < -0.4 is 5.32 Å². The van der Waals surface area contributed by atoms with Gasteiger partial charge < -0.3 is 5.32 Å². The molecule has 1 N–H and O–H groups in total. The maximum Gasteiger partial charge on any atom is 0.152 e. The van der Waals surface area contributed by atoms with Crippen molar-refractivity contribution in [2.45, 2.75) is 13.0 Å². The fourth-order valence-electron chi connectivity index (χ4n) is 1.53. The predicted octanol–water partition coefficient (Wildman–Crippen LogP) is 4.99. The van der Waals surface area contributed by atoms with Crippen LogP contribution in [0.15, 0.2) is 24.3 Å². The first-order valence-electron chi connectivity index (χ1n) is 5.13. The second-order valence-corrected chi connectivity index (χ2v) is 5.50. The average molecular weight is 292 g/mol. The van der Waals surface area contributed by atoms with Gasteiger partial charge in [-0.05, 0) is 19.1 Å². The van der Waals surface area contributed by atoms with Crippen LogP contribution in [0.2, 0.25) is 4.34 Å². The van der Waals surface area contributed by atoms with Crippen molar-refractivity contribution in [2.24, 2.45) is 0 Å². The second-order valence-electron chi connectivity index (χ2n) is 3.75. The third-order valence-electron chi connectivity index (χ3n) is 2.39. The van der Waals surface area contributed by atoms with E-state index in [2.05, 4.69) is 5.32 Å². The van der Waals surface area contributed by atoms with E-state index in [0.717, 1.165) is 4.88 Å². The molecule has 0 spiro atoms. The molecule has 1 atom stereocenters. The number of thiophene rings is 1. The number of nitrogens with one attached hydrogen (secondary N) is 1. The molecule has 0 saturated carbocycles. The normalized spacial score (nSPS) is 12.5. The van der Waals surface area contributed by atoms with Crippen molar-refractivity contribution in [3.8, 4) is 0 Å². The first kappa shape index (κ1) is 13.2. The van der Waals surface area contributed by atoms with Crippen LogP contribution in [-0.2, 0) is 0 Å². The zero-order chi connectivity index (χ0) is 13.3. The summed E-state index contributed by atoms with van der Waals surface area (Å²) >= 11 is 7.10. The molecule has 0 amide bonds. The fourth-order valence-corrected chi connectivity index (χ4v) is 2.59. The van der Waals surface area contributed by atoms with E-state index in [1.165, 1.54) is 11.3 Å². The smallest absolute Gasteiger partial charge is 0.152 e. The predicted molar refractivity (Wildman–Crippen MR) is 67.7 cm³/mol. The highest BCUT2D eigenvalue weighted by Gasteiger charge is 2.15. The Morgan fingerprint density at radius 2 is 1.78 bits per heavy atom. The summed E-state index contributed by atoms with van der Waals surface area (Å²) < 4.78 is 40.2. The highest BCUT2D eigenvalue weighted by Crippen LogP contribution is 2.30. The molecule has 0 aliphatic heterocycles. The molecule has 1 aromatic carbocycles. The van der Waals surface area contributed by atoms with Crippen molar-refractivity contribution < 1.29 is 13.2 Å². The van der Waals surface area contributed by atoms with E-state index in [-0.39, 0.29) is 11.7 Å². The largest absolute Gasteiger partial charge is 0.373 e. The van der Waals surface area contributed by atoms with Gasteiger partial charge in [0, 0.05) is 17.0 Å². The van der Waals surface area contributed by atoms with E-state index in [1.54, 1.807) is 19.1 Å². The Balaban J connectivity index is 2.24. The summed E-state index contributed by atoms with van der Waals surface area (Å²) in [5.74, 6) is -2.86. The monoisotopic (exact) mass is 291 g/mol. The molecule has 1 unspecified atom stereocenters. The minimum absolute atomic E-state index is 0.322. The van der Waals surface area contributed by atoms with Crippen molar-refractivity contribution in [2.75, 3.05) is 5.32 Å². The van der Waals surface area contributed by atoms with Gasteiger partial charge in [0.05, 0.1) is 10.4 Å². The Bertz CT molecular complexity index is 547. The summed E-state index contributed by atoms with van der Waals surface area (Å²) in [5.41, 5.74) is -0.339. The number of rotatable bonds is 3. The lowest BCUT2D eigenvalue weighted by Gasteiger charge is -2.15. The summed E-state index contributed by atoms with van der Waals surface area (Å²) in [5, 5.41) is 2.67. The molecule has 0 fully saturated rings. The third-order valence-corrected chi connectivity index (χ3v) is 3.80. The molecule has 96 valence electrons. The molecule has 1 heterocycles. The SMILES string of the molecule is CC(Nc1c(F)cc(F)cc1F)c1ccc(Cl)s1. The van der Waals surface area contributed by atoms with Crippen LogP contribution in [0.1, 0.15) is 17.8 Å². The van der Waals surface area contributed by atoms with Crippen molar-refractivity contribution in [1.29, 1.82) is 0 Å². The molecule has 0 aliphatic carbocycles. The van der Waals surface area contributed by atoms with Gasteiger partial charge >= 0.3 is 0 Å². The lowest BCUT2D eigenvalue weighted by Crippen LogP contribution is -2.08. The Morgan fingerprint density at radius 3 is 2.28 bits per heavy atom. The first-order chi connectivity index (χ1) is 8.47. The number of benzene rings is 1. The van der Waals surface area contributed by atoms with Gasteiger partial charge in [0.1, 0.15) is 11.5 Å². The third kappa shape index (κ3) is 2.79. The lowest BCUT2D eigenvalue weighted by molar-refractivity contribution is 0.545. The fraction of sp³-hybridized carbons (Fsp3) is 0.167. The summed E-state index contributed by atoms with van der Waals surface area (Å²) in [6.07, 6.45) is 0. The maximum absolute atomic E-state index is 13.4. The zero-order valence-electron chi connectivity index (χ0n) is 9.31. The van der Waals surface area contributed by atoms with E-state index in [0.29, 0.717) is 16.5 Å². The van der Waals surface area contributed by atoms with Crippen LogP contribution in [0.25, 0.3) is 0 Å². The van der Waals surface area contributed by atoms with Crippen LogP contribution in [0.4, 0.5) is 18.9 Å². The molecule has 18 heavy (non-hydrogen) atoms. The second kappa shape index (κ2) is 5.20. The molecule has 1 aromatic heterocycles. The topological polar surface area (TPSA) is 12.0 Å². The van der Waals surface area contributed by atoms with Gasteiger partial charge in [0.2, 0.25) is 0 Å². The lowest BCUT2D eigenvalue weighted by atomic mass is 10.2. The minimum Gasteiger partial charge on any atom is -0.373 e. The maximum atomic E-state index is 13.4. The molecule has 0 aliphatic rings. The van der Waals surface area contributed by atoms with Gasteiger partial charge in [-0.25, -0.2) is 13.2 Å². The molecule has 0 bridgehead atoms. The van der Waals surface area contributed by atoms with Crippen molar-refractivity contribution >= 4 is 28.6 Å².